The van der Waals surface area contributed by atoms with Crippen LogP contribution in [0.25, 0.3) is 11.2 Å². The van der Waals surface area contributed by atoms with Crippen molar-refractivity contribution in [3.05, 3.63) is 12.7 Å². The monoisotopic (exact) mass is 306 g/mol. The van der Waals surface area contributed by atoms with Gasteiger partial charge in [0.05, 0.1) is 6.33 Å². The van der Waals surface area contributed by atoms with Crippen LogP contribution in [0.5, 0.6) is 0 Å². The zero-order valence-electron chi connectivity index (χ0n) is 12.3. The molecule has 9 nitrogen and oxygen atoms in total. The second kappa shape index (κ2) is 4.59. The lowest BCUT2D eigenvalue weighted by Gasteiger charge is -2.24. The standard InChI is InChI=1S/C13H18N6O3/c1-13(2)21-8-6(3-14)20-12(9(8)22-13)19-5-18-7-10(15)16-4-17-11(7)19/h4-6,8-9,12H,3,14H2,1-2H3,(H2,15,16,17)/t6-,8+,9+,12+/m0/s1. The molecule has 2 aromatic rings. The summed E-state index contributed by atoms with van der Waals surface area (Å²) in [7, 11) is 0. The molecule has 0 aromatic carbocycles. The van der Waals surface area contributed by atoms with Gasteiger partial charge in [-0.2, -0.15) is 0 Å². The Labute approximate surface area is 126 Å². The number of hydrogen-bond acceptors (Lipinski definition) is 8. The highest BCUT2D eigenvalue weighted by molar-refractivity contribution is 5.81. The van der Waals surface area contributed by atoms with Crippen LogP contribution in [-0.2, 0) is 14.2 Å². The first-order valence-corrected chi connectivity index (χ1v) is 7.14. The van der Waals surface area contributed by atoms with Crippen molar-refractivity contribution in [1.82, 2.24) is 19.5 Å². The number of nitrogens with two attached hydrogens (primary N) is 2. The van der Waals surface area contributed by atoms with E-state index in [4.69, 9.17) is 25.7 Å². The van der Waals surface area contributed by atoms with Crippen LogP contribution in [0.15, 0.2) is 12.7 Å². The Kier molecular flexibility index (Phi) is 2.89. The maximum absolute atomic E-state index is 6.01. The molecule has 0 aliphatic carbocycles. The first-order chi connectivity index (χ1) is 10.5. The van der Waals surface area contributed by atoms with Crippen LogP contribution in [0.1, 0.15) is 20.1 Å². The highest BCUT2D eigenvalue weighted by Crippen LogP contribution is 2.43. The number of anilines is 1. The van der Waals surface area contributed by atoms with Crippen LogP contribution in [-0.4, -0.2) is 50.2 Å². The molecule has 0 saturated carbocycles. The molecule has 2 aliphatic rings. The highest BCUT2D eigenvalue weighted by Gasteiger charge is 2.55. The highest BCUT2D eigenvalue weighted by atomic mass is 16.8. The summed E-state index contributed by atoms with van der Waals surface area (Å²) in [5, 5.41) is 0. The molecule has 0 unspecified atom stereocenters. The third-order valence-corrected chi connectivity index (χ3v) is 4.02. The summed E-state index contributed by atoms with van der Waals surface area (Å²) in [6.45, 7) is 4.10. The van der Waals surface area contributed by atoms with Gasteiger partial charge in [0.25, 0.3) is 0 Å². The lowest BCUT2D eigenvalue weighted by Crippen LogP contribution is -2.34. The van der Waals surface area contributed by atoms with Gasteiger partial charge in [0.2, 0.25) is 0 Å². The fraction of sp³-hybridized carbons (Fsp3) is 0.615. The molecule has 0 amide bonds. The summed E-state index contributed by atoms with van der Waals surface area (Å²) in [5.74, 6) is -0.340. The molecular formula is C13H18N6O3. The van der Waals surface area contributed by atoms with Gasteiger partial charge < -0.3 is 25.7 Å². The molecular weight excluding hydrogens is 288 g/mol. The molecule has 22 heavy (non-hydrogen) atoms. The van der Waals surface area contributed by atoms with Gasteiger partial charge in [-0.3, -0.25) is 4.57 Å². The van der Waals surface area contributed by atoms with Gasteiger partial charge in [0.1, 0.15) is 30.2 Å². The third-order valence-electron chi connectivity index (χ3n) is 4.02. The van der Waals surface area contributed by atoms with E-state index in [1.807, 2.05) is 13.8 Å². The smallest absolute Gasteiger partial charge is 0.167 e. The Hall–Kier alpha value is -1.81. The van der Waals surface area contributed by atoms with Crippen LogP contribution in [0, 0.1) is 0 Å². The second-order valence-corrected chi connectivity index (χ2v) is 5.95. The largest absolute Gasteiger partial charge is 0.382 e. The number of rotatable bonds is 2. The Bertz CT molecular complexity index is 717. The minimum atomic E-state index is -0.671. The summed E-state index contributed by atoms with van der Waals surface area (Å²) in [6.07, 6.45) is 1.87. The van der Waals surface area contributed by atoms with E-state index in [1.54, 1.807) is 10.9 Å². The second-order valence-electron chi connectivity index (χ2n) is 5.95. The molecule has 4 rings (SSSR count). The Morgan fingerprint density at radius 2 is 2.00 bits per heavy atom. The van der Waals surface area contributed by atoms with E-state index in [9.17, 15) is 0 Å². The molecule has 0 radical (unpaired) electrons. The molecule has 2 aliphatic heterocycles. The van der Waals surface area contributed by atoms with Gasteiger partial charge in [-0.1, -0.05) is 0 Å². The summed E-state index contributed by atoms with van der Waals surface area (Å²) in [6, 6.07) is 0. The molecule has 0 spiro atoms. The number of fused-ring (bicyclic) bond motifs is 2. The summed E-state index contributed by atoms with van der Waals surface area (Å²) >= 11 is 0. The van der Waals surface area contributed by atoms with Gasteiger partial charge in [-0.15, -0.1) is 0 Å². The molecule has 2 fully saturated rings. The number of aromatic nitrogens is 4. The van der Waals surface area contributed by atoms with E-state index < -0.39 is 12.0 Å². The molecule has 9 heteroatoms. The number of ether oxygens (including phenoxy) is 3. The van der Waals surface area contributed by atoms with Crippen LogP contribution >= 0.6 is 0 Å². The molecule has 118 valence electrons. The molecule has 4 heterocycles. The minimum absolute atomic E-state index is 0.221. The first-order valence-electron chi connectivity index (χ1n) is 7.14. The van der Waals surface area contributed by atoms with Gasteiger partial charge in [-0.05, 0) is 13.8 Å². The topological polar surface area (TPSA) is 123 Å². The first kappa shape index (κ1) is 13.8. The minimum Gasteiger partial charge on any atom is -0.382 e. The fourth-order valence-electron chi connectivity index (χ4n) is 3.13. The maximum Gasteiger partial charge on any atom is 0.167 e. The van der Waals surface area contributed by atoms with E-state index in [0.29, 0.717) is 23.5 Å². The Morgan fingerprint density at radius 3 is 2.77 bits per heavy atom. The lowest BCUT2D eigenvalue weighted by atomic mass is 10.1. The van der Waals surface area contributed by atoms with Crippen LogP contribution in [0.3, 0.4) is 0 Å². The van der Waals surface area contributed by atoms with Crippen molar-refractivity contribution >= 4 is 17.0 Å². The average Bonchev–Trinajstić information content (AvgIpc) is 3.10. The average molecular weight is 306 g/mol. The molecule has 4 N–H and O–H groups in total. The van der Waals surface area contributed by atoms with E-state index >= 15 is 0 Å². The van der Waals surface area contributed by atoms with Gasteiger partial charge in [0.15, 0.2) is 23.5 Å². The zero-order chi connectivity index (χ0) is 15.5. The predicted molar refractivity (Wildman–Crippen MR) is 76.5 cm³/mol. The van der Waals surface area contributed by atoms with Crippen molar-refractivity contribution in [1.29, 1.82) is 0 Å². The van der Waals surface area contributed by atoms with E-state index in [1.165, 1.54) is 6.33 Å². The number of nitrogens with zero attached hydrogens (tertiary/aromatic N) is 4. The van der Waals surface area contributed by atoms with Crippen molar-refractivity contribution < 1.29 is 14.2 Å². The van der Waals surface area contributed by atoms with E-state index in [0.717, 1.165) is 0 Å². The van der Waals surface area contributed by atoms with Crippen molar-refractivity contribution in [3.63, 3.8) is 0 Å². The van der Waals surface area contributed by atoms with E-state index in [-0.39, 0.29) is 18.3 Å². The van der Waals surface area contributed by atoms with Crippen molar-refractivity contribution in [2.24, 2.45) is 5.73 Å². The predicted octanol–water partition coefficient (Wildman–Crippen LogP) is -0.215. The summed E-state index contributed by atoms with van der Waals surface area (Å²) < 4.78 is 19.7. The lowest BCUT2D eigenvalue weighted by molar-refractivity contribution is -0.195. The maximum atomic E-state index is 6.01. The van der Waals surface area contributed by atoms with Crippen molar-refractivity contribution in [3.8, 4) is 0 Å². The van der Waals surface area contributed by atoms with Gasteiger partial charge in [0, 0.05) is 6.54 Å². The van der Waals surface area contributed by atoms with E-state index in [2.05, 4.69) is 15.0 Å². The van der Waals surface area contributed by atoms with Crippen LogP contribution in [0.2, 0.25) is 0 Å². The fourth-order valence-corrected chi connectivity index (χ4v) is 3.13. The van der Waals surface area contributed by atoms with Crippen molar-refractivity contribution in [2.75, 3.05) is 12.3 Å². The Balaban J connectivity index is 1.77. The summed E-state index contributed by atoms with van der Waals surface area (Å²) in [5.41, 5.74) is 12.8. The summed E-state index contributed by atoms with van der Waals surface area (Å²) in [4.78, 5) is 12.5. The molecule has 2 aromatic heterocycles. The van der Waals surface area contributed by atoms with Crippen LogP contribution < -0.4 is 11.5 Å². The number of imidazole rings is 1. The zero-order valence-corrected chi connectivity index (χ0v) is 12.3. The normalized spacial score (nSPS) is 33.4. The number of hydrogen-bond donors (Lipinski definition) is 2. The molecule has 0 bridgehead atoms. The molecule has 2 saturated heterocycles. The number of nitrogen functional groups attached to an aromatic ring is 1. The van der Waals surface area contributed by atoms with Crippen LogP contribution in [0.4, 0.5) is 5.82 Å². The third kappa shape index (κ3) is 1.90. The SMILES string of the molecule is CC1(C)O[C@@H]2[C@H](O1)[C@H](CN)O[C@H]2n1cnc2c(N)ncnc21. The van der Waals surface area contributed by atoms with Gasteiger partial charge >= 0.3 is 0 Å². The van der Waals surface area contributed by atoms with Crippen molar-refractivity contribution in [2.45, 2.75) is 44.2 Å². The van der Waals surface area contributed by atoms with Gasteiger partial charge in [-0.25, -0.2) is 15.0 Å². The Morgan fingerprint density at radius 1 is 1.23 bits per heavy atom. The molecule has 4 atom stereocenters. The quantitative estimate of drug-likeness (QED) is 0.781.